The van der Waals surface area contributed by atoms with Crippen molar-refractivity contribution in [1.29, 1.82) is 0 Å². The summed E-state index contributed by atoms with van der Waals surface area (Å²) >= 11 is 0. The molecule has 0 aliphatic carbocycles. The van der Waals surface area contributed by atoms with E-state index < -0.39 is 49.1 Å². The summed E-state index contributed by atoms with van der Waals surface area (Å²) in [5.74, 6) is -20.2. The highest BCUT2D eigenvalue weighted by atomic mass is 19.4. The topological polar surface area (TPSA) is 0 Å². The summed E-state index contributed by atoms with van der Waals surface area (Å²) in [5.41, 5.74) is 0. The van der Waals surface area contributed by atoms with Crippen LogP contribution in [0.4, 0.5) is 48.3 Å². The molecule has 0 aromatic carbocycles. The van der Waals surface area contributed by atoms with Crippen LogP contribution < -0.4 is 0 Å². The van der Waals surface area contributed by atoms with Gasteiger partial charge in [-0.3, -0.25) is 0 Å². The monoisotopic (exact) mass is 338 g/mol. The molecule has 0 saturated heterocycles. The molecule has 0 aliphatic heterocycles. The molecule has 0 radical (unpaired) electrons. The Morgan fingerprint density at radius 1 is 0.619 bits per heavy atom. The van der Waals surface area contributed by atoms with Gasteiger partial charge in [-0.15, -0.1) is 0 Å². The van der Waals surface area contributed by atoms with E-state index in [9.17, 15) is 48.3 Å². The first kappa shape index (κ1) is 20.0. The highest BCUT2D eigenvalue weighted by molar-refractivity contribution is 4.94. The summed E-state index contributed by atoms with van der Waals surface area (Å²) in [4.78, 5) is 0. The zero-order valence-electron chi connectivity index (χ0n) is 10.1. The molecule has 0 nitrogen and oxygen atoms in total. The van der Waals surface area contributed by atoms with Crippen LogP contribution >= 0.6 is 0 Å². The molecule has 0 amide bonds. The molecule has 0 bridgehead atoms. The van der Waals surface area contributed by atoms with Crippen LogP contribution in [0.3, 0.4) is 0 Å². The maximum atomic E-state index is 12.9. The quantitative estimate of drug-likeness (QED) is 0.428. The van der Waals surface area contributed by atoms with Crippen molar-refractivity contribution in [3.63, 3.8) is 0 Å². The fourth-order valence-electron chi connectivity index (χ4n) is 1.35. The fourth-order valence-corrected chi connectivity index (χ4v) is 1.35. The van der Waals surface area contributed by atoms with Gasteiger partial charge in [-0.25, -0.2) is 26.3 Å². The van der Waals surface area contributed by atoms with Crippen molar-refractivity contribution in [2.24, 2.45) is 0 Å². The van der Waals surface area contributed by atoms with Gasteiger partial charge in [0, 0.05) is 0 Å². The Kier molecular flexibility index (Phi) is 5.36. The average Bonchev–Trinajstić information content (AvgIpc) is 2.09. The number of allylic oxidation sites excluding steroid dienone is 1. The van der Waals surface area contributed by atoms with Gasteiger partial charge in [-0.1, -0.05) is 6.58 Å². The van der Waals surface area contributed by atoms with Gasteiger partial charge in [0.05, 0.1) is 19.3 Å². The first-order valence-corrected chi connectivity index (χ1v) is 5.15. The third-order valence-corrected chi connectivity index (χ3v) is 2.21. The first-order chi connectivity index (χ1) is 8.93. The number of alkyl halides is 11. The second kappa shape index (κ2) is 5.64. The molecule has 126 valence electrons. The lowest BCUT2D eigenvalue weighted by Crippen LogP contribution is -2.44. The summed E-state index contributed by atoms with van der Waals surface area (Å²) in [6.45, 7) is 2.47. The number of hydrogen-bond donors (Lipinski definition) is 0. The molecule has 0 saturated carbocycles. The molecule has 0 atom stereocenters. The van der Waals surface area contributed by atoms with Gasteiger partial charge < -0.3 is 0 Å². The molecule has 0 aromatic heterocycles. The highest BCUT2D eigenvalue weighted by Crippen LogP contribution is 2.47. The molecule has 0 N–H and O–H groups in total. The van der Waals surface area contributed by atoms with Crippen molar-refractivity contribution < 1.29 is 48.3 Å². The Morgan fingerprint density at radius 3 is 1.33 bits per heavy atom. The number of halogens is 11. The normalized spacial score (nSPS) is 15.2. The summed E-state index contributed by atoms with van der Waals surface area (Å²) in [7, 11) is 0. The Morgan fingerprint density at radius 2 is 1.00 bits per heavy atom. The van der Waals surface area contributed by atoms with E-state index in [1.54, 1.807) is 0 Å². The first-order valence-electron chi connectivity index (χ1n) is 5.15. The van der Waals surface area contributed by atoms with Crippen molar-refractivity contribution in [3.05, 3.63) is 12.7 Å². The lowest BCUT2D eigenvalue weighted by Gasteiger charge is -2.28. The van der Waals surface area contributed by atoms with Crippen LogP contribution in [0.15, 0.2) is 12.7 Å². The molecule has 0 rings (SSSR count). The minimum atomic E-state index is -6.36. The lowest BCUT2D eigenvalue weighted by atomic mass is 9.98. The molecule has 0 spiro atoms. The standard InChI is InChI=1S/C10H9F11/c1-2-6(11,12)3-7(13,14)4-8(15,16)5-9(17,18)10(19,20)21/h2H,1,3-5H2. The van der Waals surface area contributed by atoms with E-state index in [-0.39, 0.29) is 6.08 Å². The Hall–Kier alpha value is -1.03. The van der Waals surface area contributed by atoms with E-state index in [2.05, 4.69) is 6.58 Å². The van der Waals surface area contributed by atoms with E-state index >= 15 is 0 Å². The second-order valence-electron chi connectivity index (χ2n) is 4.41. The Labute approximate surface area is 111 Å². The number of rotatable bonds is 7. The minimum absolute atomic E-state index is 0.274. The maximum Gasteiger partial charge on any atom is 0.453 e. The fraction of sp³-hybridized carbons (Fsp3) is 0.800. The molecular weight excluding hydrogens is 329 g/mol. The molecule has 21 heavy (non-hydrogen) atoms. The summed E-state index contributed by atoms with van der Waals surface area (Å²) in [6, 6.07) is 0. The maximum absolute atomic E-state index is 12.9. The second-order valence-corrected chi connectivity index (χ2v) is 4.41. The summed E-state index contributed by atoms with van der Waals surface area (Å²) in [6.07, 6.45) is -15.2. The predicted octanol–water partition coefficient (Wildman–Crippen LogP) is 5.45. The average molecular weight is 338 g/mol. The number of hydrogen-bond acceptors (Lipinski definition) is 0. The van der Waals surface area contributed by atoms with Crippen LogP contribution in [0, 0.1) is 0 Å². The van der Waals surface area contributed by atoms with Gasteiger partial charge in [-0.2, -0.15) is 22.0 Å². The van der Waals surface area contributed by atoms with Gasteiger partial charge in [0.1, 0.15) is 0 Å². The van der Waals surface area contributed by atoms with Gasteiger partial charge >= 0.3 is 12.1 Å². The van der Waals surface area contributed by atoms with Gasteiger partial charge in [0.2, 0.25) is 0 Å². The van der Waals surface area contributed by atoms with Crippen LogP contribution in [0.1, 0.15) is 19.3 Å². The van der Waals surface area contributed by atoms with Gasteiger partial charge in [-0.05, 0) is 6.08 Å². The third kappa shape index (κ3) is 6.51. The Bertz CT molecular complexity index is 366. The largest absolute Gasteiger partial charge is 0.453 e. The molecule has 0 aliphatic rings. The van der Waals surface area contributed by atoms with Crippen molar-refractivity contribution >= 4 is 0 Å². The Balaban J connectivity index is 5.00. The minimum Gasteiger partial charge on any atom is -0.206 e. The molecule has 0 heterocycles. The van der Waals surface area contributed by atoms with Crippen molar-refractivity contribution in [2.75, 3.05) is 0 Å². The van der Waals surface area contributed by atoms with Crippen LogP contribution in [-0.2, 0) is 0 Å². The lowest BCUT2D eigenvalue weighted by molar-refractivity contribution is -0.304. The third-order valence-electron chi connectivity index (χ3n) is 2.21. The smallest absolute Gasteiger partial charge is 0.206 e. The van der Waals surface area contributed by atoms with E-state index in [1.807, 2.05) is 0 Å². The zero-order chi connectivity index (χ0) is 17.3. The summed E-state index contributed by atoms with van der Waals surface area (Å²) < 4.78 is 137. The van der Waals surface area contributed by atoms with Crippen molar-refractivity contribution in [2.45, 2.75) is 49.1 Å². The van der Waals surface area contributed by atoms with Gasteiger partial charge in [0.15, 0.2) is 0 Å². The van der Waals surface area contributed by atoms with Crippen LogP contribution in [-0.4, -0.2) is 29.9 Å². The van der Waals surface area contributed by atoms with E-state index in [1.165, 1.54) is 0 Å². The van der Waals surface area contributed by atoms with Crippen LogP contribution in [0.5, 0.6) is 0 Å². The van der Waals surface area contributed by atoms with E-state index in [0.717, 1.165) is 0 Å². The predicted molar refractivity (Wildman–Crippen MR) is 49.9 cm³/mol. The van der Waals surface area contributed by atoms with Gasteiger partial charge in [0.25, 0.3) is 17.8 Å². The zero-order valence-corrected chi connectivity index (χ0v) is 10.1. The van der Waals surface area contributed by atoms with Crippen molar-refractivity contribution in [1.82, 2.24) is 0 Å². The molecule has 0 fully saturated rings. The SMILES string of the molecule is C=CC(F)(F)CC(F)(F)CC(F)(F)CC(F)(F)C(F)(F)F. The summed E-state index contributed by atoms with van der Waals surface area (Å²) in [5, 5.41) is 0. The van der Waals surface area contributed by atoms with E-state index in [0.29, 0.717) is 0 Å². The molecular formula is C10H9F11. The molecule has 0 aromatic rings. The molecule has 0 unspecified atom stereocenters. The van der Waals surface area contributed by atoms with E-state index in [4.69, 9.17) is 0 Å². The highest BCUT2D eigenvalue weighted by Gasteiger charge is 2.63. The molecule has 11 heteroatoms. The van der Waals surface area contributed by atoms with Crippen molar-refractivity contribution in [3.8, 4) is 0 Å². The van der Waals surface area contributed by atoms with Crippen LogP contribution in [0.25, 0.3) is 0 Å². The van der Waals surface area contributed by atoms with Crippen LogP contribution in [0.2, 0.25) is 0 Å².